The highest BCUT2D eigenvalue weighted by atomic mass is 16.6. The Kier molecular flexibility index (Phi) is 46.3. The number of carbonyl (C=O) groups excluding carboxylic acids is 1. The third-order valence-corrected chi connectivity index (χ3v) is 8.22. The fourth-order valence-electron chi connectivity index (χ4n) is 5.08. The fourth-order valence-corrected chi connectivity index (χ4v) is 5.08. The van der Waals surface area contributed by atoms with Gasteiger partial charge in [-0.25, -0.2) is 0 Å². The van der Waals surface area contributed by atoms with Crippen molar-refractivity contribution in [1.82, 2.24) is 0 Å². The van der Waals surface area contributed by atoms with Gasteiger partial charge in [-0.1, -0.05) is 103 Å². The highest BCUT2D eigenvalue weighted by molar-refractivity contribution is 5.69. The van der Waals surface area contributed by atoms with Gasteiger partial charge in [-0.2, -0.15) is 0 Å². The summed E-state index contributed by atoms with van der Waals surface area (Å²) in [5, 5.41) is 17.8. The minimum atomic E-state index is -1.06. The zero-order valence-corrected chi connectivity index (χ0v) is 33.6. The second-order valence-electron chi connectivity index (χ2n) is 13.1. The first-order chi connectivity index (χ1) is 26.2. The lowest BCUT2D eigenvalue weighted by molar-refractivity contribution is -0.148. The van der Waals surface area contributed by atoms with E-state index in [1.54, 1.807) is 0 Å². The van der Waals surface area contributed by atoms with E-state index in [-0.39, 0.29) is 19.6 Å². The zero-order valence-electron chi connectivity index (χ0n) is 33.6. The number of ether oxygens (including phenoxy) is 10. The van der Waals surface area contributed by atoms with Crippen molar-refractivity contribution in [2.75, 3.05) is 132 Å². The molecule has 0 aliphatic heterocycles. The normalized spacial score (nSPS) is 12.1. The maximum Gasteiger partial charge on any atom is 0.308 e. The highest BCUT2D eigenvalue weighted by Crippen LogP contribution is 2.13. The number of unbranched alkanes of at least 4 members (excludes halogenated alkanes) is 15. The number of aliphatic hydroxyl groups is 2. The maximum absolute atomic E-state index is 11.4. The Labute approximate surface area is 322 Å². The molecule has 0 bridgehead atoms. The summed E-state index contributed by atoms with van der Waals surface area (Å²) < 4.78 is 54.1. The molecular formula is C40H80O13. The van der Waals surface area contributed by atoms with Gasteiger partial charge in [-0.05, 0) is 6.42 Å². The van der Waals surface area contributed by atoms with Crippen LogP contribution in [-0.2, 0) is 52.2 Å². The van der Waals surface area contributed by atoms with Crippen molar-refractivity contribution >= 4 is 5.97 Å². The maximum atomic E-state index is 11.4. The summed E-state index contributed by atoms with van der Waals surface area (Å²) in [5.74, 6) is -0.490. The van der Waals surface area contributed by atoms with Crippen LogP contribution in [0.2, 0.25) is 0 Å². The second kappa shape index (κ2) is 47.2. The standard InChI is InChI=1S/C40H80O13/c1-2-3-4-5-6-7-8-9-10-11-12-13-14-15-16-17-19-44-21-23-46-25-27-48-29-31-50-33-35-52-36-34-51-32-30-49-28-26-47-24-22-45-20-18-40(43)53-38-39(42)37-41/h39,41-42H,2-38H2,1H3. The number of hydrogen-bond acceptors (Lipinski definition) is 13. The largest absolute Gasteiger partial charge is 0.463 e. The molecule has 13 heteroatoms. The molecule has 0 saturated heterocycles. The molecule has 0 fully saturated rings. The average molecular weight is 769 g/mol. The summed E-state index contributed by atoms with van der Waals surface area (Å²) in [6, 6.07) is 0. The molecule has 1 unspecified atom stereocenters. The van der Waals surface area contributed by atoms with Crippen molar-refractivity contribution < 1.29 is 62.4 Å². The lowest BCUT2D eigenvalue weighted by Crippen LogP contribution is -2.22. The molecule has 0 amide bonds. The average Bonchev–Trinajstić information content (AvgIpc) is 3.17. The summed E-state index contributed by atoms with van der Waals surface area (Å²) in [4.78, 5) is 11.4. The Hall–Kier alpha value is -0.970. The molecule has 0 aromatic heterocycles. The Bertz CT molecular complexity index is 689. The third kappa shape index (κ3) is 47.1. The van der Waals surface area contributed by atoms with E-state index >= 15 is 0 Å². The highest BCUT2D eigenvalue weighted by Gasteiger charge is 2.07. The minimum Gasteiger partial charge on any atom is -0.463 e. The molecule has 13 nitrogen and oxygen atoms in total. The molecule has 1 atom stereocenters. The molecule has 0 aromatic rings. The van der Waals surface area contributed by atoms with Crippen LogP contribution >= 0.6 is 0 Å². The molecule has 0 saturated carbocycles. The molecule has 318 valence electrons. The van der Waals surface area contributed by atoms with Gasteiger partial charge in [0, 0.05) is 6.61 Å². The van der Waals surface area contributed by atoms with Gasteiger partial charge in [0.25, 0.3) is 0 Å². The SMILES string of the molecule is CCCCCCCCCCCCCCCCCCOCCOCCOCCOCCOCCOCCOCCOCCOCCC(=O)OCC(O)CO. The first kappa shape index (κ1) is 52.0. The predicted octanol–water partition coefficient (Wildman–Crippen LogP) is 5.68. The number of aliphatic hydroxyl groups excluding tert-OH is 2. The van der Waals surface area contributed by atoms with Gasteiger partial charge in [-0.15, -0.1) is 0 Å². The monoisotopic (exact) mass is 769 g/mol. The van der Waals surface area contributed by atoms with E-state index in [1.807, 2.05) is 0 Å². The summed E-state index contributed by atoms with van der Waals surface area (Å²) in [5.41, 5.74) is 0. The lowest BCUT2D eigenvalue weighted by Gasteiger charge is -2.09. The van der Waals surface area contributed by atoms with Crippen LogP contribution in [0.1, 0.15) is 116 Å². The number of carbonyl (C=O) groups is 1. The Morgan fingerprint density at radius 1 is 0.396 bits per heavy atom. The van der Waals surface area contributed by atoms with E-state index in [4.69, 9.17) is 57.6 Å². The van der Waals surface area contributed by atoms with Crippen molar-refractivity contribution in [2.24, 2.45) is 0 Å². The lowest BCUT2D eigenvalue weighted by atomic mass is 10.0. The topological polar surface area (TPSA) is 150 Å². The summed E-state index contributed by atoms with van der Waals surface area (Å²) >= 11 is 0. The third-order valence-electron chi connectivity index (χ3n) is 8.22. The number of rotatable bonds is 47. The molecule has 0 radical (unpaired) electrons. The van der Waals surface area contributed by atoms with Crippen molar-refractivity contribution in [3.63, 3.8) is 0 Å². The van der Waals surface area contributed by atoms with Crippen LogP contribution in [0, 0.1) is 0 Å². The van der Waals surface area contributed by atoms with Gasteiger partial charge in [-0.3, -0.25) is 4.79 Å². The van der Waals surface area contributed by atoms with Crippen LogP contribution in [0.25, 0.3) is 0 Å². The van der Waals surface area contributed by atoms with Crippen molar-refractivity contribution in [3.8, 4) is 0 Å². The summed E-state index contributed by atoms with van der Waals surface area (Å²) in [6.07, 6.45) is 21.1. The van der Waals surface area contributed by atoms with Gasteiger partial charge in [0.15, 0.2) is 0 Å². The smallest absolute Gasteiger partial charge is 0.308 e. The van der Waals surface area contributed by atoms with Crippen LogP contribution in [-0.4, -0.2) is 154 Å². The fraction of sp³-hybridized carbons (Fsp3) is 0.975. The molecule has 0 spiro atoms. The van der Waals surface area contributed by atoms with E-state index in [0.29, 0.717) is 106 Å². The molecule has 0 rings (SSSR count). The van der Waals surface area contributed by atoms with Crippen LogP contribution in [0.3, 0.4) is 0 Å². The van der Waals surface area contributed by atoms with Gasteiger partial charge < -0.3 is 57.6 Å². The van der Waals surface area contributed by atoms with Gasteiger partial charge in [0.1, 0.15) is 12.7 Å². The van der Waals surface area contributed by atoms with E-state index in [2.05, 4.69) is 6.92 Å². The molecule has 0 aliphatic carbocycles. The molecule has 0 aromatic carbocycles. The van der Waals surface area contributed by atoms with E-state index < -0.39 is 18.7 Å². The molecule has 0 heterocycles. The van der Waals surface area contributed by atoms with Crippen LogP contribution in [0.5, 0.6) is 0 Å². The van der Waals surface area contributed by atoms with E-state index in [9.17, 15) is 4.79 Å². The summed E-state index contributed by atoms with van der Waals surface area (Å²) in [7, 11) is 0. The van der Waals surface area contributed by atoms with Gasteiger partial charge in [0.05, 0.1) is 125 Å². The first-order valence-corrected chi connectivity index (χ1v) is 20.8. The van der Waals surface area contributed by atoms with E-state index in [0.717, 1.165) is 13.0 Å². The molecule has 0 aliphatic rings. The Morgan fingerprint density at radius 3 is 0.962 bits per heavy atom. The van der Waals surface area contributed by atoms with Crippen molar-refractivity contribution in [1.29, 1.82) is 0 Å². The second-order valence-corrected chi connectivity index (χ2v) is 13.1. The molecular weight excluding hydrogens is 688 g/mol. The van der Waals surface area contributed by atoms with Gasteiger partial charge in [0.2, 0.25) is 0 Å². The van der Waals surface area contributed by atoms with E-state index in [1.165, 1.54) is 96.3 Å². The Balaban J connectivity index is 3.09. The number of esters is 1. The van der Waals surface area contributed by atoms with Gasteiger partial charge >= 0.3 is 5.97 Å². The Morgan fingerprint density at radius 2 is 0.660 bits per heavy atom. The summed E-state index contributed by atoms with van der Waals surface area (Å²) in [6.45, 7) is 10.6. The number of hydrogen-bond donors (Lipinski definition) is 2. The van der Waals surface area contributed by atoms with Crippen LogP contribution in [0.4, 0.5) is 0 Å². The molecule has 2 N–H and O–H groups in total. The predicted molar refractivity (Wildman–Crippen MR) is 206 cm³/mol. The van der Waals surface area contributed by atoms with Crippen molar-refractivity contribution in [2.45, 2.75) is 122 Å². The first-order valence-electron chi connectivity index (χ1n) is 20.8. The van der Waals surface area contributed by atoms with Crippen LogP contribution in [0.15, 0.2) is 0 Å². The van der Waals surface area contributed by atoms with Crippen molar-refractivity contribution in [3.05, 3.63) is 0 Å². The molecule has 53 heavy (non-hydrogen) atoms. The quantitative estimate of drug-likeness (QED) is 0.0578. The minimum absolute atomic E-state index is 0.0724. The van der Waals surface area contributed by atoms with Crippen LogP contribution < -0.4 is 0 Å². The zero-order chi connectivity index (χ0) is 38.4.